The van der Waals surface area contributed by atoms with E-state index < -0.39 is 0 Å². The van der Waals surface area contributed by atoms with Crippen LogP contribution < -0.4 is 5.73 Å². The molecule has 0 unspecified atom stereocenters. The summed E-state index contributed by atoms with van der Waals surface area (Å²) in [6.07, 6.45) is 0.990. The highest BCUT2D eigenvalue weighted by molar-refractivity contribution is 8.00. The minimum absolute atomic E-state index is 0.0155. The zero-order valence-corrected chi connectivity index (χ0v) is 12.9. The number of carbonyl (C=O) groups is 1. The fourth-order valence-corrected chi connectivity index (χ4v) is 3.38. The van der Waals surface area contributed by atoms with E-state index in [0.717, 1.165) is 25.3 Å². The van der Waals surface area contributed by atoms with Crippen LogP contribution in [0.4, 0.5) is 5.69 Å². The van der Waals surface area contributed by atoms with Gasteiger partial charge in [0.2, 0.25) is 0 Å². The van der Waals surface area contributed by atoms with Gasteiger partial charge >= 0.3 is 0 Å². The average Bonchev–Trinajstić information content (AvgIpc) is 2.52. The summed E-state index contributed by atoms with van der Waals surface area (Å²) in [4.78, 5) is 14.4. The number of anilines is 1. The molecule has 0 saturated carbocycles. The lowest BCUT2D eigenvalue weighted by molar-refractivity contribution is 0.0765. The fourth-order valence-electron chi connectivity index (χ4n) is 2.11. The van der Waals surface area contributed by atoms with Crippen molar-refractivity contribution in [1.82, 2.24) is 4.90 Å². The van der Waals surface area contributed by atoms with Gasteiger partial charge in [0.15, 0.2) is 0 Å². The van der Waals surface area contributed by atoms with Crippen molar-refractivity contribution in [2.24, 2.45) is 0 Å². The highest BCUT2D eigenvalue weighted by atomic mass is 35.5. The van der Waals surface area contributed by atoms with E-state index >= 15 is 0 Å². The van der Waals surface area contributed by atoms with Gasteiger partial charge < -0.3 is 10.6 Å². The maximum Gasteiger partial charge on any atom is 0.256 e. The number of amides is 1. The molecular weight excluding hydrogens is 280 g/mol. The molecule has 1 aromatic carbocycles. The summed E-state index contributed by atoms with van der Waals surface area (Å²) in [5.74, 6) is 0.942. The third-order valence-electron chi connectivity index (χ3n) is 3.37. The summed E-state index contributed by atoms with van der Waals surface area (Å²) in [7, 11) is 0. The van der Waals surface area contributed by atoms with Crippen molar-refractivity contribution in [2.45, 2.75) is 25.0 Å². The normalized spacial score (nSPS) is 19.0. The van der Waals surface area contributed by atoms with E-state index in [0.29, 0.717) is 16.3 Å². The number of thioether (sulfide) groups is 1. The first kappa shape index (κ1) is 14.5. The van der Waals surface area contributed by atoms with Crippen molar-refractivity contribution >= 4 is 35.0 Å². The number of nitrogens with two attached hydrogens (primary N) is 1. The molecule has 104 valence electrons. The van der Waals surface area contributed by atoms with Crippen molar-refractivity contribution in [3.05, 3.63) is 28.8 Å². The van der Waals surface area contributed by atoms with E-state index in [1.807, 2.05) is 16.7 Å². The van der Waals surface area contributed by atoms with Gasteiger partial charge in [-0.15, -0.1) is 0 Å². The van der Waals surface area contributed by atoms with Gasteiger partial charge in [-0.1, -0.05) is 25.4 Å². The highest BCUT2D eigenvalue weighted by Crippen LogP contribution is 2.31. The van der Waals surface area contributed by atoms with Gasteiger partial charge in [-0.2, -0.15) is 11.8 Å². The second kappa shape index (κ2) is 5.63. The van der Waals surface area contributed by atoms with Crippen molar-refractivity contribution in [1.29, 1.82) is 0 Å². The van der Waals surface area contributed by atoms with Gasteiger partial charge in [0.1, 0.15) is 0 Å². The van der Waals surface area contributed by atoms with Crippen LogP contribution in [0.5, 0.6) is 0 Å². The molecule has 0 atom stereocenters. The monoisotopic (exact) mass is 298 g/mol. The number of benzene rings is 1. The Hall–Kier alpha value is -0.870. The Balaban J connectivity index is 2.17. The smallest absolute Gasteiger partial charge is 0.256 e. The molecule has 1 amide bonds. The van der Waals surface area contributed by atoms with Crippen LogP contribution in [-0.2, 0) is 0 Å². The van der Waals surface area contributed by atoms with Crippen LogP contribution in [0.25, 0.3) is 0 Å². The Bertz CT molecular complexity index is 490. The zero-order valence-electron chi connectivity index (χ0n) is 11.3. The van der Waals surface area contributed by atoms with Crippen molar-refractivity contribution in [3.63, 3.8) is 0 Å². The molecule has 1 aromatic rings. The minimum atomic E-state index is -0.0155. The summed E-state index contributed by atoms with van der Waals surface area (Å²) in [6.45, 7) is 5.97. The number of hydrogen-bond acceptors (Lipinski definition) is 3. The summed E-state index contributed by atoms with van der Waals surface area (Å²) < 4.78 is 0.231. The first-order valence-electron chi connectivity index (χ1n) is 6.37. The molecule has 1 fully saturated rings. The Morgan fingerprint density at radius 1 is 1.42 bits per heavy atom. The standard InChI is InChI=1S/C14H19ClN2OS/c1-14(2)5-6-17(7-8-19-14)13(18)11-9-10(15)3-4-12(11)16/h3-4,9H,5-8,16H2,1-2H3. The second-order valence-corrected chi connectivity index (χ2v) is 7.62. The quantitative estimate of drug-likeness (QED) is 0.809. The lowest BCUT2D eigenvalue weighted by Gasteiger charge is -2.23. The maximum atomic E-state index is 12.5. The molecule has 1 saturated heterocycles. The number of hydrogen-bond donors (Lipinski definition) is 1. The minimum Gasteiger partial charge on any atom is -0.398 e. The van der Waals surface area contributed by atoms with Crippen LogP contribution in [0.3, 0.4) is 0 Å². The molecule has 0 bridgehead atoms. The van der Waals surface area contributed by atoms with E-state index in [2.05, 4.69) is 13.8 Å². The zero-order chi connectivity index (χ0) is 14.0. The topological polar surface area (TPSA) is 46.3 Å². The lowest BCUT2D eigenvalue weighted by atomic mass is 10.1. The summed E-state index contributed by atoms with van der Waals surface area (Å²) in [5.41, 5.74) is 6.88. The Kier molecular flexibility index (Phi) is 4.31. The number of nitrogens with zero attached hydrogens (tertiary/aromatic N) is 1. The SMILES string of the molecule is CC1(C)CCN(C(=O)c2cc(Cl)ccc2N)CCS1. The summed E-state index contributed by atoms with van der Waals surface area (Å²) in [6, 6.07) is 5.05. The van der Waals surface area contributed by atoms with E-state index in [1.165, 1.54) is 0 Å². The largest absolute Gasteiger partial charge is 0.398 e. The van der Waals surface area contributed by atoms with Crippen LogP contribution in [0.2, 0.25) is 5.02 Å². The molecule has 19 heavy (non-hydrogen) atoms. The molecule has 1 aliphatic rings. The molecule has 2 N–H and O–H groups in total. The third-order valence-corrected chi connectivity index (χ3v) is 4.98. The van der Waals surface area contributed by atoms with Gasteiger partial charge in [0.25, 0.3) is 5.91 Å². The molecule has 0 spiro atoms. The number of carbonyl (C=O) groups excluding carboxylic acids is 1. The van der Waals surface area contributed by atoms with Gasteiger partial charge in [-0.25, -0.2) is 0 Å². The van der Waals surface area contributed by atoms with E-state index in [4.69, 9.17) is 17.3 Å². The van der Waals surface area contributed by atoms with E-state index in [1.54, 1.807) is 18.2 Å². The molecule has 0 radical (unpaired) electrons. The highest BCUT2D eigenvalue weighted by Gasteiger charge is 2.27. The van der Waals surface area contributed by atoms with Crippen molar-refractivity contribution < 1.29 is 4.79 Å². The molecular formula is C14H19ClN2OS. The van der Waals surface area contributed by atoms with Gasteiger partial charge in [-0.05, 0) is 24.6 Å². The van der Waals surface area contributed by atoms with Crippen LogP contribution in [0.1, 0.15) is 30.6 Å². The van der Waals surface area contributed by atoms with E-state index in [-0.39, 0.29) is 10.7 Å². The molecule has 0 aromatic heterocycles. The summed E-state index contributed by atoms with van der Waals surface area (Å²) >= 11 is 7.86. The number of nitrogen functional groups attached to an aromatic ring is 1. The lowest BCUT2D eigenvalue weighted by Crippen LogP contribution is -2.34. The van der Waals surface area contributed by atoms with Gasteiger partial charge in [0, 0.05) is 34.3 Å². The maximum absolute atomic E-state index is 12.5. The Labute approximate surface area is 123 Å². The molecule has 1 heterocycles. The van der Waals surface area contributed by atoms with E-state index in [9.17, 15) is 4.79 Å². The first-order valence-corrected chi connectivity index (χ1v) is 7.74. The predicted octanol–water partition coefficient (Wildman–Crippen LogP) is 3.28. The number of rotatable bonds is 1. The van der Waals surface area contributed by atoms with Crippen LogP contribution in [-0.4, -0.2) is 34.4 Å². The molecule has 0 aliphatic carbocycles. The molecule has 5 heteroatoms. The molecule has 3 nitrogen and oxygen atoms in total. The summed E-state index contributed by atoms with van der Waals surface area (Å²) in [5, 5.41) is 0.544. The van der Waals surface area contributed by atoms with Crippen molar-refractivity contribution in [3.8, 4) is 0 Å². The van der Waals surface area contributed by atoms with Crippen LogP contribution >= 0.6 is 23.4 Å². The van der Waals surface area contributed by atoms with Crippen molar-refractivity contribution in [2.75, 3.05) is 24.6 Å². The fraction of sp³-hybridized carbons (Fsp3) is 0.500. The predicted molar refractivity (Wildman–Crippen MR) is 82.9 cm³/mol. The third kappa shape index (κ3) is 3.57. The van der Waals surface area contributed by atoms with Crippen LogP contribution in [0.15, 0.2) is 18.2 Å². The second-order valence-electron chi connectivity index (χ2n) is 5.38. The Morgan fingerprint density at radius 2 is 2.16 bits per heavy atom. The average molecular weight is 299 g/mol. The molecule has 2 rings (SSSR count). The van der Waals surface area contributed by atoms with Crippen LogP contribution in [0, 0.1) is 0 Å². The van der Waals surface area contributed by atoms with Gasteiger partial charge in [0.05, 0.1) is 5.56 Å². The number of halogens is 1. The Morgan fingerprint density at radius 3 is 2.89 bits per heavy atom. The first-order chi connectivity index (χ1) is 8.89. The molecule has 1 aliphatic heterocycles. The van der Waals surface area contributed by atoms with Gasteiger partial charge in [-0.3, -0.25) is 4.79 Å².